The molecule has 0 aromatic heterocycles. The van der Waals surface area contributed by atoms with Crippen LogP contribution in [0.4, 0.5) is 4.39 Å². The van der Waals surface area contributed by atoms with Crippen LogP contribution in [0.1, 0.15) is 38.2 Å². The van der Waals surface area contributed by atoms with Gasteiger partial charge in [0.2, 0.25) is 5.88 Å². The largest absolute Gasteiger partial charge is 0.444 e. The number of ketones is 1. The summed E-state index contributed by atoms with van der Waals surface area (Å²) in [5.41, 5.74) is 7.02. The normalized spacial score (nSPS) is 23.2. The molecule has 0 bridgehead atoms. The Morgan fingerprint density at radius 3 is 2.57 bits per heavy atom. The number of halogens is 1. The molecule has 5 heteroatoms. The minimum atomic E-state index is -0.590. The highest BCUT2D eigenvalue weighted by Gasteiger charge is 2.42. The monoisotopic (exact) mass is 312 g/mol. The Morgan fingerprint density at radius 2 is 1.96 bits per heavy atom. The van der Waals surface area contributed by atoms with Gasteiger partial charge in [0.25, 0.3) is 0 Å². The summed E-state index contributed by atoms with van der Waals surface area (Å²) in [6.45, 7) is 3.98. The van der Waals surface area contributed by atoms with Gasteiger partial charge < -0.3 is 10.5 Å². The van der Waals surface area contributed by atoms with Gasteiger partial charge in [0.1, 0.15) is 23.2 Å². The van der Waals surface area contributed by atoms with E-state index in [0.29, 0.717) is 29.7 Å². The molecule has 3 rings (SSSR count). The lowest BCUT2D eigenvalue weighted by molar-refractivity contribution is -0.119. The fourth-order valence-electron chi connectivity index (χ4n) is 3.27. The van der Waals surface area contributed by atoms with E-state index in [2.05, 4.69) is 0 Å². The molecule has 0 amide bonds. The number of rotatable bonds is 1. The van der Waals surface area contributed by atoms with Gasteiger partial charge in [0.05, 0.1) is 5.92 Å². The third-order valence-corrected chi connectivity index (χ3v) is 4.28. The number of ether oxygens (including phenoxy) is 1. The van der Waals surface area contributed by atoms with E-state index < -0.39 is 5.92 Å². The lowest BCUT2D eigenvalue weighted by Gasteiger charge is -2.37. The summed E-state index contributed by atoms with van der Waals surface area (Å²) in [6.07, 6.45) is 0.955. The van der Waals surface area contributed by atoms with Crippen LogP contribution < -0.4 is 5.73 Å². The summed E-state index contributed by atoms with van der Waals surface area (Å²) >= 11 is 0. The van der Waals surface area contributed by atoms with Crippen LogP contribution in [0.15, 0.2) is 47.1 Å². The van der Waals surface area contributed by atoms with Crippen molar-refractivity contribution in [3.8, 4) is 6.07 Å². The Kier molecular flexibility index (Phi) is 3.48. The van der Waals surface area contributed by atoms with Crippen LogP contribution in [0.25, 0.3) is 0 Å². The predicted molar refractivity (Wildman–Crippen MR) is 82.1 cm³/mol. The maximum Gasteiger partial charge on any atom is 0.205 e. The Balaban J connectivity index is 2.17. The van der Waals surface area contributed by atoms with Crippen molar-refractivity contribution in [2.45, 2.75) is 32.6 Å². The number of hydrogen-bond acceptors (Lipinski definition) is 4. The third kappa shape index (κ3) is 2.61. The van der Waals surface area contributed by atoms with E-state index in [1.54, 1.807) is 12.1 Å². The van der Waals surface area contributed by atoms with Gasteiger partial charge in [-0.2, -0.15) is 5.26 Å². The SMILES string of the molecule is CC1(C)CC(=O)C2=C(C1)OC(N)=C(C#N)[C@@H]2c1ccc(F)cc1. The first-order valence-corrected chi connectivity index (χ1v) is 7.42. The lowest BCUT2D eigenvalue weighted by atomic mass is 9.70. The van der Waals surface area contributed by atoms with E-state index in [4.69, 9.17) is 10.5 Å². The Labute approximate surface area is 134 Å². The number of carbonyl (C=O) groups is 1. The molecule has 0 unspecified atom stereocenters. The van der Waals surface area contributed by atoms with Crippen molar-refractivity contribution < 1.29 is 13.9 Å². The molecular formula is C18H17FN2O2. The molecule has 2 aliphatic rings. The van der Waals surface area contributed by atoms with Crippen molar-refractivity contribution in [2.24, 2.45) is 11.1 Å². The average Bonchev–Trinajstić information content (AvgIpc) is 2.45. The van der Waals surface area contributed by atoms with Crippen LogP contribution in [0.5, 0.6) is 0 Å². The van der Waals surface area contributed by atoms with Gasteiger partial charge in [-0.3, -0.25) is 4.79 Å². The highest BCUT2D eigenvalue weighted by molar-refractivity contribution is 6.00. The van der Waals surface area contributed by atoms with E-state index >= 15 is 0 Å². The second kappa shape index (κ2) is 5.24. The number of hydrogen-bond donors (Lipinski definition) is 1. The zero-order valence-electron chi connectivity index (χ0n) is 13.0. The van der Waals surface area contributed by atoms with Gasteiger partial charge in [-0.05, 0) is 23.1 Å². The molecule has 2 N–H and O–H groups in total. The first-order valence-electron chi connectivity index (χ1n) is 7.42. The van der Waals surface area contributed by atoms with Crippen LogP contribution in [-0.2, 0) is 9.53 Å². The van der Waals surface area contributed by atoms with E-state index in [1.165, 1.54) is 12.1 Å². The summed E-state index contributed by atoms with van der Waals surface area (Å²) in [4.78, 5) is 12.7. The summed E-state index contributed by atoms with van der Waals surface area (Å²) < 4.78 is 18.8. The van der Waals surface area contributed by atoms with E-state index in [1.807, 2.05) is 19.9 Å². The summed E-state index contributed by atoms with van der Waals surface area (Å²) in [5, 5.41) is 9.45. The Bertz CT molecular complexity index is 782. The van der Waals surface area contributed by atoms with E-state index in [9.17, 15) is 14.4 Å². The number of Topliss-reactive ketones (excluding diaryl/α,β-unsaturated/α-hetero) is 1. The van der Waals surface area contributed by atoms with Gasteiger partial charge in [0, 0.05) is 18.4 Å². The molecule has 4 nitrogen and oxygen atoms in total. The first kappa shape index (κ1) is 15.3. The van der Waals surface area contributed by atoms with Crippen molar-refractivity contribution in [3.05, 3.63) is 58.4 Å². The average molecular weight is 312 g/mol. The number of benzene rings is 1. The molecule has 1 aliphatic carbocycles. The molecule has 0 fully saturated rings. The molecule has 1 heterocycles. The molecule has 1 aliphatic heterocycles. The molecule has 0 radical (unpaired) electrons. The standard InChI is InChI=1S/C18H17FN2O2/c1-18(2)7-13(22)16-14(8-18)23-17(21)12(9-20)15(16)10-3-5-11(19)6-4-10/h3-6,15H,7-8,21H2,1-2H3/t15-/m0/s1. The van der Waals surface area contributed by atoms with Crippen LogP contribution >= 0.6 is 0 Å². The molecule has 0 spiro atoms. The highest BCUT2D eigenvalue weighted by atomic mass is 19.1. The molecule has 118 valence electrons. The van der Waals surface area contributed by atoms with Gasteiger partial charge >= 0.3 is 0 Å². The smallest absolute Gasteiger partial charge is 0.205 e. The number of allylic oxidation sites excluding steroid dienone is 3. The molecule has 0 saturated carbocycles. The number of carbonyl (C=O) groups excluding carboxylic acids is 1. The van der Waals surface area contributed by atoms with Gasteiger partial charge in [-0.15, -0.1) is 0 Å². The second-order valence-electron chi connectivity index (χ2n) is 6.75. The van der Waals surface area contributed by atoms with Gasteiger partial charge in [-0.1, -0.05) is 26.0 Å². The van der Waals surface area contributed by atoms with Crippen LogP contribution in [-0.4, -0.2) is 5.78 Å². The predicted octanol–water partition coefficient (Wildman–Crippen LogP) is 3.28. The third-order valence-electron chi connectivity index (χ3n) is 4.28. The van der Waals surface area contributed by atoms with Crippen LogP contribution in [0.3, 0.4) is 0 Å². The van der Waals surface area contributed by atoms with Crippen molar-refractivity contribution in [2.75, 3.05) is 0 Å². The summed E-state index contributed by atoms with van der Waals surface area (Å²) in [6, 6.07) is 7.82. The molecule has 1 aromatic carbocycles. The highest BCUT2D eigenvalue weighted by Crippen LogP contribution is 2.47. The van der Waals surface area contributed by atoms with Crippen LogP contribution in [0.2, 0.25) is 0 Å². The lowest BCUT2D eigenvalue weighted by Crippen LogP contribution is -2.33. The summed E-state index contributed by atoms with van der Waals surface area (Å²) in [7, 11) is 0. The topological polar surface area (TPSA) is 76.1 Å². The fourth-order valence-corrected chi connectivity index (χ4v) is 3.27. The number of nitrogens with zero attached hydrogens (tertiary/aromatic N) is 1. The fraction of sp³-hybridized carbons (Fsp3) is 0.333. The van der Waals surface area contributed by atoms with E-state index in [-0.39, 0.29) is 28.5 Å². The first-order chi connectivity index (χ1) is 10.8. The molecule has 1 aromatic rings. The zero-order chi connectivity index (χ0) is 16.8. The molecule has 23 heavy (non-hydrogen) atoms. The van der Waals surface area contributed by atoms with Crippen LogP contribution in [0, 0.1) is 22.6 Å². The van der Waals surface area contributed by atoms with Gasteiger partial charge in [0.15, 0.2) is 5.78 Å². The molecule has 1 atom stereocenters. The maximum absolute atomic E-state index is 13.2. The van der Waals surface area contributed by atoms with Crippen molar-refractivity contribution in [1.82, 2.24) is 0 Å². The second-order valence-corrected chi connectivity index (χ2v) is 6.75. The maximum atomic E-state index is 13.2. The minimum Gasteiger partial charge on any atom is -0.444 e. The number of nitriles is 1. The van der Waals surface area contributed by atoms with Crippen molar-refractivity contribution in [1.29, 1.82) is 5.26 Å². The molecular weight excluding hydrogens is 295 g/mol. The number of nitrogens with two attached hydrogens (primary N) is 1. The zero-order valence-corrected chi connectivity index (χ0v) is 13.0. The van der Waals surface area contributed by atoms with Gasteiger partial charge in [-0.25, -0.2) is 4.39 Å². The summed E-state index contributed by atoms with van der Waals surface area (Å²) in [5.74, 6) is -0.469. The Hall–Kier alpha value is -2.61. The minimum absolute atomic E-state index is 0.0195. The van der Waals surface area contributed by atoms with E-state index in [0.717, 1.165) is 0 Å². The molecule has 0 saturated heterocycles. The van der Waals surface area contributed by atoms with Crippen molar-refractivity contribution >= 4 is 5.78 Å². The Morgan fingerprint density at radius 1 is 1.30 bits per heavy atom. The van der Waals surface area contributed by atoms with Crippen molar-refractivity contribution in [3.63, 3.8) is 0 Å². The quantitative estimate of drug-likeness (QED) is 0.863.